The summed E-state index contributed by atoms with van der Waals surface area (Å²) in [6.45, 7) is 4.79. The smallest absolute Gasteiger partial charge is 0.422 e. The van der Waals surface area contributed by atoms with E-state index >= 15 is 0 Å². The first-order chi connectivity index (χ1) is 7.23. The monoisotopic (exact) mass is 254 g/mol. The van der Waals surface area contributed by atoms with Gasteiger partial charge in [0.05, 0.1) is 12.2 Å². The molecule has 1 unspecified atom stereocenters. The number of aliphatic hydroxyl groups excluding tert-OH is 1. The fourth-order valence-electron chi connectivity index (χ4n) is 0.786. The third-order valence-electron chi connectivity index (χ3n) is 1.41. The molecule has 0 aromatic rings. The van der Waals surface area contributed by atoms with Crippen molar-refractivity contribution < 1.29 is 23.1 Å². The zero-order chi connectivity index (χ0) is 12.8. The maximum absolute atomic E-state index is 11.2. The Morgan fingerprint density at radius 2 is 1.94 bits per heavy atom. The minimum Gasteiger partial charge on any atom is -0.446 e. The van der Waals surface area contributed by atoms with Crippen LogP contribution in [0.3, 0.4) is 0 Å². The summed E-state index contributed by atoms with van der Waals surface area (Å²) < 4.78 is 30.8. The van der Waals surface area contributed by atoms with Gasteiger partial charge < -0.3 is 9.84 Å². The van der Waals surface area contributed by atoms with Crippen molar-refractivity contribution in [1.82, 2.24) is 9.44 Å². The number of aliphatic hydroxyl groups is 1. The maximum Gasteiger partial charge on any atom is 0.422 e. The molecule has 0 aromatic carbocycles. The molecule has 7 nitrogen and oxygen atoms in total. The van der Waals surface area contributed by atoms with Crippen LogP contribution >= 0.6 is 0 Å². The molecule has 0 radical (unpaired) electrons. The summed E-state index contributed by atoms with van der Waals surface area (Å²) >= 11 is 0. The normalized spacial score (nSPS) is 13.6. The Labute approximate surface area is 95.4 Å². The maximum atomic E-state index is 11.2. The van der Waals surface area contributed by atoms with E-state index in [9.17, 15) is 13.2 Å². The number of hydrogen-bond acceptors (Lipinski definition) is 5. The number of carbonyl (C=O) groups is 1. The lowest BCUT2D eigenvalue weighted by molar-refractivity contribution is 0.121. The summed E-state index contributed by atoms with van der Waals surface area (Å²) in [6.07, 6.45) is -1.77. The fraction of sp³-hybridized carbons (Fsp3) is 0.875. The first-order valence-electron chi connectivity index (χ1n) is 4.89. The molecule has 0 aliphatic rings. The number of rotatable bonds is 6. The number of ether oxygens (including phenoxy) is 1. The van der Waals surface area contributed by atoms with E-state index in [2.05, 4.69) is 9.46 Å². The van der Waals surface area contributed by atoms with Crippen LogP contribution in [-0.4, -0.2) is 38.4 Å². The van der Waals surface area contributed by atoms with Crippen LogP contribution in [0, 0.1) is 0 Å². The third kappa shape index (κ3) is 8.45. The summed E-state index contributed by atoms with van der Waals surface area (Å²) in [5.41, 5.74) is 0. The molecule has 0 aliphatic heterocycles. The van der Waals surface area contributed by atoms with Crippen LogP contribution in [0.2, 0.25) is 0 Å². The summed E-state index contributed by atoms with van der Waals surface area (Å²) in [6, 6.07) is 0. The highest BCUT2D eigenvalue weighted by Gasteiger charge is 2.15. The molecule has 0 aromatic heterocycles. The first kappa shape index (κ1) is 15.1. The molecule has 0 bridgehead atoms. The molecule has 3 N–H and O–H groups in total. The molecule has 96 valence electrons. The summed E-state index contributed by atoms with van der Waals surface area (Å²) in [5, 5.41) is 8.90. The second-order valence-electron chi connectivity index (χ2n) is 3.59. The van der Waals surface area contributed by atoms with Gasteiger partial charge in [-0.3, -0.25) is 0 Å². The zero-order valence-electron chi connectivity index (χ0n) is 9.56. The van der Waals surface area contributed by atoms with Crippen LogP contribution in [-0.2, 0) is 14.9 Å². The van der Waals surface area contributed by atoms with Gasteiger partial charge in [-0.05, 0) is 27.2 Å². The number of carbonyl (C=O) groups excluding carboxylic acids is 1. The number of amides is 1. The Hall–Kier alpha value is -0.860. The Morgan fingerprint density at radius 3 is 2.38 bits per heavy atom. The summed E-state index contributed by atoms with van der Waals surface area (Å²) in [5.74, 6) is 0. The molecule has 0 spiro atoms. The Balaban J connectivity index is 4.00. The molecule has 8 heteroatoms. The third-order valence-corrected chi connectivity index (χ3v) is 2.43. The topological polar surface area (TPSA) is 105 Å². The molecule has 0 saturated carbocycles. The van der Waals surface area contributed by atoms with E-state index in [0.717, 1.165) is 0 Å². The quantitative estimate of drug-likeness (QED) is 0.605. The van der Waals surface area contributed by atoms with E-state index in [0.29, 0.717) is 0 Å². The number of hydrogen-bond donors (Lipinski definition) is 3. The van der Waals surface area contributed by atoms with Gasteiger partial charge in [0.25, 0.3) is 0 Å². The van der Waals surface area contributed by atoms with Crippen molar-refractivity contribution in [2.45, 2.75) is 39.4 Å². The molecular weight excluding hydrogens is 236 g/mol. The SMILES string of the molecule is CC(O)CCNS(=O)(=O)NC(=O)OC(C)C. The highest BCUT2D eigenvalue weighted by molar-refractivity contribution is 7.88. The minimum atomic E-state index is -3.91. The van der Waals surface area contributed by atoms with Gasteiger partial charge in [0.1, 0.15) is 0 Å². The van der Waals surface area contributed by atoms with E-state index in [1.165, 1.54) is 6.92 Å². The van der Waals surface area contributed by atoms with Crippen LogP contribution in [0.5, 0.6) is 0 Å². The molecule has 0 fully saturated rings. The van der Waals surface area contributed by atoms with Gasteiger partial charge in [-0.1, -0.05) is 0 Å². The standard InChI is InChI=1S/C8H18N2O5S/c1-6(2)15-8(12)10-16(13,14)9-5-4-7(3)11/h6-7,9,11H,4-5H2,1-3H3,(H,10,12). The van der Waals surface area contributed by atoms with Gasteiger partial charge in [0, 0.05) is 6.54 Å². The number of nitrogens with one attached hydrogen (secondary N) is 2. The van der Waals surface area contributed by atoms with Gasteiger partial charge in [0.2, 0.25) is 0 Å². The van der Waals surface area contributed by atoms with Crippen LogP contribution in [0.4, 0.5) is 4.79 Å². The van der Waals surface area contributed by atoms with Gasteiger partial charge in [-0.15, -0.1) is 0 Å². The average Bonchev–Trinajstić information content (AvgIpc) is 1.98. The van der Waals surface area contributed by atoms with Gasteiger partial charge in [-0.2, -0.15) is 13.1 Å². The van der Waals surface area contributed by atoms with Crippen molar-refractivity contribution >= 4 is 16.3 Å². The van der Waals surface area contributed by atoms with Gasteiger partial charge >= 0.3 is 16.3 Å². The fourth-order valence-corrected chi connectivity index (χ4v) is 1.51. The second kappa shape index (κ2) is 6.66. The van der Waals surface area contributed by atoms with Crippen molar-refractivity contribution in [2.75, 3.05) is 6.54 Å². The van der Waals surface area contributed by atoms with E-state index in [1.807, 2.05) is 0 Å². The molecule has 0 heterocycles. The summed E-state index contributed by atoms with van der Waals surface area (Å²) in [4.78, 5) is 11.0. The van der Waals surface area contributed by atoms with Crippen LogP contribution < -0.4 is 9.44 Å². The van der Waals surface area contributed by atoms with Crippen LogP contribution in [0.1, 0.15) is 27.2 Å². The van der Waals surface area contributed by atoms with Gasteiger partial charge in [-0.25, -0.2) is 9.52 Å². The van der Waals surface area contributed by atoms with Gasteiger partial charge in [0.15, 0.2) is 0 Å². The van der Waals surface area contributed by atoms with Crippen LogP contribution in [0.15, 0.2) is 0 Å². The Morgan fingerprint density at radius 1 is 1.38 bits per heavy atom. The van der Waals surface area contributed by atoms with E-state index in [4.69, 9.17) is 5.11 Å². The van der Waals surface area contributed by atoms with Crippen molar-refractivity contribution in [3.05, 3.63) is 0 Å². The zero-order valence-corrected chi connectivity index (χ0v) is 10.4. The van der Waals surface area contributed by atoms with E-state index in [-0.39, 0.29) is 13.0 Å². The van der Waals surface area contributed by atoms with Crippen molar-refractivity contribution in [3.63, 3.8) is 0 Å². The Bertz CT molecular complexity index is 312. The first-order valence-corrected chi connectivity index (χ1v) is 6.37. The molecule has 0 aliphatic carbocycles. The summed E-state index contributed by atoms with van der Waals surface area (Å²) in [7, 11) is -3.91. The molecule has 0 rings (SSSR count). The van der Waals surface area contributed by atoms with Crippen molar-refractivity contribution in [2.24, 2.45) is 0 Å². The molecule has 1 amide bonds. The lowest BCUT2D eigenvalue weighted by Gasteiger charge is -2.11. The second-order valence-corrected chi connectivity index (χ2v) is 5.09. The minimum absolute atomic E-state index is 0.0436. The largest absolute Gasteiger partial charge is 0.446 e. The van der Waals surface area contributed by atoms with E-state index in [1.54, 1.807) is 18.6 Å². The molecule has 1 atom stereocenters. The predicted molar refractivity (Wildman–Crippen MR) is 58.0 cm³/mol. The van der Waals surface area contributed by atoms with Crippen molar-refractivity contribution in [3.8, 4) is 0 Å². The van der Waals surface area contributed by atoms with Crippen LogP contribution in [0.25, 0.3) is 0 Å². The molecule has 16 heavy (non-hydrogen) atoms. The lowest BCUT2D eigenvalue weighted by atomic mass is 10.3. The lowest BCUT2D eigenvalue weighted by Crippen LogP contribution is -2.42. The van der Waals surface area contributed by atoms with Crippen molar-refractivity contribution in [1.29, 1.82) is 0 Å². The highest BCUT2D eigenvalue weighted by Crippen LogP contribution is 1.91. The molecule has 0 saturated heterocycles. The predicted octanol–water partition coefficient (Wildman–Crippen LogP) is -0.274. The average molecular weight is 254 g/mol. The Kier molecular flexibility index (Phi) is 6.31. The van der Waals surface area contributed by atoms with E-state index < -0.39 is 28.5 Å². The molecular formula is C8H18N2O5S. The highest BCUT2D eigenvalue weighted by atomic mass is 32.2.